The van der Waals surface area contributed by atoms with Crippen LogP contribution in [0.2, 0.25) is 5.02 Å². The van der Waals surface area contributed by atoms with Crippen LogP contribution in [-0.2, 0) is 19.1 Å². The van der Waals surface area contributed by atoms with Gasteiger partial charge in [0.1, 0.15) is 0 Å². The van der Waals surface area contributed by atoms with Crippen molar-refractivity contribution in [1.29, 1.82) is 0 Å². The van der Waals surface area contributed by atoms with Crippen molar-refractivity contribution >= 4 is 40.8 Å². The molecule has 0 radical (unpaired) electrons. The molecule has 0 unspecified atom stereocenters. The SMILES string of the molecule is Cc1ccc(NC(=O)COC(=O)[C@@H]2CC(=O)N(c3ccc(Cl)cc3)C2)cc1C. The van der Waals surface area contributed by atoms with Gasteiger partial charge < -0.3 is 15.0 Å². The van der Waals surface area contributed by atoms with Crippen LogP contribution in [0.25, 0.3) is 0 Å². The fourth-order valence-corrected chi connectivity index (χ4v) is 3.13. The normalized spacial score (nSPS) is 16.2. The number of aryl methyl sites for hydroxylation is 2. The molecule has 1 aliphatic heterocycles. The molecule has 0 aliphatic carbocycles. The van der Waals surface area contributed by atoms with E-state index in [4.69, 9.17) is 16.3 Å². The Bertz CT molecular complexity index is 911. The summed E-state index contributed by atoms with van der Waals surface area (Å²) in [6.07, 6.45) is 0.0558. The number of nitrogens with zero attached hydrogens (tertiary/aromatic N) is 1. The molecule has 2 aromatic carbocycles. The summed E-state index contributed by atoms with van der Waals surface area (Å²) in [6.45, 7) is 3.77. The summed E-state index contributed by atoms with van der Waals surface area (Å²) < 4.78 is 5.11. The molecule has 1 heterocycles. The predicted molar refractivity (Wildman–Crippen MR) is 107 cm³/mol. The molecule has 1 fully saturated rings. The highest BCUT2D eigenvalue weighted by molar-refractivity contribution is 6.30. The van der Waals surface area contributed by atoms with Gasteiger partial charge in [-0.05, 0) is 61.4 Å². The number of halogens is 1. The molecule has 2 amide bonds. The minimum absolute atomic E-state index is 0.0558. The summed E-state index contributed by atoms with van der Waals surface area (Å²) in [5.74, 6) is -1.74. The van der Waals surface area contributed by atoms with Crippen LogP contribution < -0.4 is 10.2 Å². The van der Waals surface area contributed by atoms with Gasteiger partial charge in [-0.2, -0.15) is 0 Å². The first-order valence-electron chi connectivity index (χ1n) is 8.93. The molecular formula is C21H21ClN2O4. The molecule has 2 aromatic rings. The van der Waals surface area contributed by atoms with Gasteiger partial charge in [0.05, 0.1) is 5.92 Å². The maximum Gasteiger partial charge on any atom is 0.311 e. The number of ether oxygens (including phenoxy) is 1. The lowest BCUT2D eigenvalue weighted by atomic mass is 10.1. The first-order valence-corrected chi connectivity index (χ1v) is 9.31. The van der Waals surface area contributed by atoms with Gasteiger partial charge in [-0.15, -0.1) is 0 Å². The van der Waals surface area contributed by atoms with Crippen LogP contribution in [0.3, 0.4) is 0 Å². The molecule has 0 aromatic heterocycles. The van der Waals surface area contributed by atoms with Crippen molar-refractivity contribution in [3.05, 3.63) is 58.6 Å². The first kappa shape index (κ1) is 19.9. The number of rotatable bonds is 5. The maximum atomic E-state index is 12.3. The van der Waals surface area contributed by atoms with Gasteiger partial charge in [0.25, 0.3) is 5.91 Å². The van der Waals surface area contributed by atoms with E-state index in [1.54, 1.807) is 30.3 Å². The minimum Gasteiger partial charge on any atom is -0.455 e. The largest absolute Gasteiger partial charge is 0.455 e. The van der Waals surface area contributed by atoms with Crippen molar-refractivity contribution in [2.45, 2.75) is 20.3 Å². The lowest BCUT2D eigenvalue weighted by molar-refractivity contribution is -0.151. The molecule has 1 saturated heterocycles. The second-order valence-electron chi connectivity index (χ2n) is 6.84. The highest BCUT2D eigenvalue weighted by atomic mass is 35.5. The molecule has 1 N–H and O–H groups in total. The molecule has 0 bridgehead atoms. The van der Waals surface area contributed by atoms with E-state index < -0.39 is 24.4 Å². The molecule has 1 atom stereocenters. The number of carbonyl (C=O) groups is 3. The van der Waals surface area contributed by atoms with E-state index >= 15 is 0 Å². The Morgan fingerprint density at radius 1 is 1.14 bits per heavy atom. The van der Waals surface area contributed by atoms with E-state index in [1.807, 2.05) is 26.0 Å². The van der Waals surface area contributed by atoms with E-state index in [2.05, 4.69) is 5.32 Å². The van der Waals surface area contributed by atoms with Crippen molar-refractivity contribution in [1.82, 2.24) is 0 Å². The average Bonchev–Trinajstić information content (AvgIpc) is 3.05. The minimum atomic E-state index is -0.599. The number of nitrogens with one attached hydrogen (secondary N) is 1. The average molecular weight is 401 g/mol. The van der Waals surface area contributed by atoms with Crippen molar-refractivity contribution in [2.24, 2.45) is 5.92 Å². The van der Waals surface area contributed by atoms with Crippen LogP contribution in [0, 0.1) is 19.8 Å². The molecule has 146 valence electrons. The number of amides is 2. The zero-order valence-electron chi connectivity index (χ0n) is 15.7. The molecular weight excluding hydrogens is 380 g/mol. The van der Waals surface area contributed by atoms with Gasteiger partial charge in [-0.25, -0.2) is 0 Å². The number of hydrogen-bond acceptors (Lipinski definition) is 4. The predicted octanol–water partition coefficient (Wildman–Crippen LogP) is 3.49. The fourth-order valence-electron chi connectivity index (χ4n) is 3.01. The zero-order chi connectivity index (χ0) is 20.3. The Balaban J connectivity index is 1.52. The Hall–Kier alpha value is -2.86. The third-order valence-corrected chi connectivity index (χ3v) is 4.98. The quantitative estimate of drug-likeness (QED) is 0.779. The molecule has 3 rings (SSSR count). The number of carbonyl (C=O) groups excluding carboxylic acids is 3. The molecule has 7 heteroatoms. The third kappa shape index (κ3) is 4.70. The van der Waals surface area contributed by atoms with Crippen molar-refractivity contribution < 1.29 is 19.1 Å². The van der Waals surface area contributed by atoms with Crippen LogP contribution in [-0.4, -0.2) is 30.9 Å². The lowest BCUT2D eigenvalue weighted by Gasteiger charge is -2.16. The Morgan fingerprint density at radius 3 is 2.54 bits per heavy atom. The number of esters is 1. The van der Waals surface area contributed by atoms with Crippen LogP contribution in [0.4, 0.5) is 11.4 Å². The lowest BCUT2D eigenvalue weighted by Crippen LogP contribution is -2.28. The summed E-state index contributed by atoms with van der Waals surface area (Å²) in [5, 5.41) is 3.27. The van der Waals surface area contributed by atoms with Crippen LogP contribution in [0.5, 0.6) is 0 Å². The molecule has 1 aliphatic rings. The van der Waals surface area contributed by atoms with Crippen LogP contribution in [0.15, 0.2) is 42.5 Å². The van der Waals surface area contributed by atoms with Gasteiger partial charge in [-0.3, -0.25) is 14.4 Å². The Kier molecular flexibility index (Phi) is 5.99. The van der Waals surface area contributed by atoms with Gasteiger partial charge in [0, 0.05) is 29.4 Å². The van der Waals surface area contributed by atoms with Gasteiger partial charge in [0.2, 0.25) is 5.91 Å². The van der Waals surface area contributed by atoms with Crippen molar-refractivity contribution in [3.8, 4) is 0 Å². The van der Waals surface area contributed by atoms with E-state index in [0.29, 0.717) is 16.4 Å². The van der Waals surface area contributed by atoms with Crippen LogP contribution in [0.1, 0.15) is 17.5 Å². The first-order chi connectivity index (χ1) is 13.3. The highest BCUT2D eigenvalue weighted by Gasteiger charge is 2.36. The zero-order valence-corrected chi connectivity index (χ0v) is 16.5. The van der Waals surface area contributed by atoms with E-state index in [0.717, 1.165) is 11.1 Å². The molecule has 28 heavy (non-hydrogen) atoms. The Labute approximate surface area is 168 Å². The van der Waals surface area contributed by atoms with E-state index in [-0.39, 0.29) is 18.9 Å². The monoisotopic (exact) mass is 400 g/mol. The third-order valence-electron chi connectivity index (χ3n) is 4.73. The summed E-state index contributed by atoms with van der Waals surface area (Å²) in [6, 6.07) is 12.4. The Morgan fingerprint density at radius 2 is 1.86 bits per heavy atom. The summed E-state index contributed by atoms with van der Waals surface area (Å²) >= 11 is 5.86. The summed E-state index contributed by atoms with van der Waals surface area (Å²) in [7, 11) is 0. The topological polar surface area (TPSA) is 75.7 Å². The fraction of sp³-hybridized carbons (Fsp3) is 0.286. The van der Waals surface area contributed by atoms with Gasteiger partial charge >= 0.3 is 5.97 Å². The van der Waals surface area contributed by atoms with Crippen LogP contribution >= 0.6 is 11.6 Å². The van der Waals surface area contributed by atoms with Gasteiger partial charge in [0.15, 0.2) is 6.61 Å². The number of anilines is 2. The number of hydrogen-bond donors (Lipinski definition) is 1. The maximum absolute atomic E-state index is 12.3. The highest BCUT2D eigenvalue weighted by Crippen LogP contribution is 2.27. The van der Waals surface area contributed by atoms with Crippen molar-refractivity contribution in [3.63, 3.8) is 0 Å². The standard InChI is InChI=1S/C21H21ClN2O4/c1-13-3-6-17(9-14(13)2)23-19(25)12-28-21(27)15-10-20(26)24(11-15)18-7-4-16(22)5-8-18/h3-9,15H,10-12H2,1-2H3,(H,23,25)/t15-/m1/s1. The second kappa shape index (κ2) is 8.44. The molecule has 0 spiro atoms. The molecule has 6 nitrogen and oxygen atoms in total. The van der Waals surface area contributed by atoms with Crippen molar-refractivity contribution in [2.75, 3.05) is 23.4 Å². The second-order valence-corrected chi connectivity index (χ2v) is 7.27. The van der Waals surface area contributed by atoms with E-state index in [9.17, 15) is 14.4 Å². The van der Waals surface area contributed by atoms with Gasteiger partial charge in [-0.1, -0.05) is 17.7 Å². The summed E-state index contributed by atoms with van der Waals surface area (Å²) in [4.78, 5) is 38.1. The smallest absolute Gasteiger partial charge is 0.311 e. The van der Waals surface area contributed by atoms with E-state index in [1.165, 1.54) is 4.90 Å². The summed E-state index contributed by atoms with van der Waals surface area (Å²) in [5.41, 5.74) is 3.51. The number of benzene rings is 2. The molecule has 0 saturated carbocycles.